The number of benzene rings is 2. The van der Waals surface area contributed by atoms with E-state index in [0.29, 0.717) is 30.0 Å². The Morgan fingerprint density at radius 1 is 1.18 bits per heavy atom. The van der Waals surface area contributed by atoms with Gasteiger partial charge >= 0.3 is 0 Å². The Kier molecular flexibility index (Phi) is 4.22. The largest absolute Gasteiger partial charge is 0.488 e. The number of aryl methyl sites for hydroxylation is 1. The normalized spacial score (nSPS) is 13.3. The molecule has 1 aliphatic heterocycles. The molecule has 1 N–H and O–H groups in total. The lowest BCUT2D eigenvalue weighted by molar-refractivity contribution is -0.0651. The monoisotopic (exact) mass is 297 g/mol. The van der Waals surface area contributed by atoms with Crippen molar-refractivity contribution in [2.45, 2.75) is 19.4 Å². The van der Waals surface area contributed by atoms with Crippen LogP contribution >= 0.6 is 0 Å². The molecule has 0 unspecified atom stereocenters. The molecule has 22 heavy (non-hydrogen) atoms. The number of carbonyl (C=O) groups is 1. The van der Waals surface area contributed by atoms with Crippen molar-refractivity contribution in [2.75, 3.05) is 13.6 Å². The van der Waals surface area contributed by atoms with E-state index in [9.17, 15) is 10.0 Å². The van der Waals surface area contributed by atoms with Gasteiger partial charge in [-0.2, -0.15) is 5.06 Å². The summed E-state index contributed by atoms with van der Waals surface area (Å²) in [5.74, 6) is 0.661. The van der Waals surface area contributed by atoms with Crippen LogP contribution < -0.4 is 4.74 Å². The molecule has 0 amide bonds. The predicted molar refractivity (Wildman–Crippen MR) is 83.4 cm³/mol. The molecule has 3 rings (SSSR count). The van der Waals surface area contributed by atoms with E-state index in [1.165, 1.54) is 5.06 Å². The number of hydroxylamine groups is 2. The van der Waals surface area contributed by atoms with Gasteiger partial charge in [0.15, 0.2) is 5.78 Å². The fourth-order valence-electron chi connectivity index (χ4n) is 2.72. The number of hydrogen-bond donors (Lipinski definition) is 1. The summed E-state index contributed by atoms with van der Waals surface area (Å²) < 4.78 is 5.77. The van der Waals surface area contributed by atoms with Crippen LogP contribution in [-0.2, 0) is 13.0 Å². The van der Waals surface area contributed by atoms with Crippen molar-refractivity contribution in [3.63, 3.8) is 0 Å². The van der Waals surface area contributed by atoms with E-state index >= 15 is 0 Å². The highest BCUT2D eigenvalue weighted by Gasteiger charge is 2.22. The third kappa shape index (κ3) is 3.03. The van der Waals surface area contributed by atoms with Crippen molar-refractivity contribution >= 4 is 5.78 Å². The first kappa shape index (κ1) is 14.8. The van der Waals surface area contributed by atoms with Gasteiger partial charge in [0.2, 0.25) is 0 Å². The van der Waals surface area contributed by atoms with Crippen LogP contribution in [-0.4, -0.2) is 29.6 Å². The van der Waals surface area contributed by atoms with Crippen molar-refractivity contribution in [1.29, 1.82) is 0 Å². The van der Waals surface area contributed by atoms with Crippen molar-refractivity contribution in [3.05, 3.63) is 64.7 Å². The highest BCUT2D eigenvalue weighted by atomic mass is 16.5. The quantitative estimate of drug-likeness (QED) is 0.881. The minimum Gasteiger partial charge on any atom is -0.488 e. The highest BCUT2D eigenvalue weighted by molar-refractivity contribution is 6.12. The zero-order valence-corrected chi connectivity index (χ0v) is 12.6. The maximum Gasteiger partial charge on any atom is 0.197 e. The van der Waals surface area contributed by atoms with E-state index in [0.717, 1.165) is 24.0 Å². The molecule has 0 aliphatic carbocycles. The van der Waals surface area contributed by atoms with Gasteiger partial charge in [-0.3, -0.25) is 4.79 Å². The molecular weight excluding hydrogens is 278 g/mol. The molecule has 2 aromatic carbocycles. The second kappa shape index (κ2) is 6.30. The van der Waals surface area contributed by atoms with E-state index in [1.807, 2.05) is 42.5 Å². The zero-order chi connectivity index (χ0) is 15.5. The van der Waals surface area contributed by atoms with Crippen molar-refractivity contribution in [2.24, 2.45) is 0 Å². The van der Waals surface area contributed by atoms with Gasteiger partial charge in [0, 0.05) is 24.7 Å². The lowest BCUT2D eigenvalue weighted by Crippen LogP contribution is -2.14. The van der Waals surface area contributed by atoms with E-state index in [4.69, 9.17) is 4.74 Å². The molecule has 0 spiro atoms. The molecule has 0 aromatic heterocycles. The maximum absolute atomic E-state index is 12.7. The number of nitrogens with zero attached hydrogens (tertiary/aromatic N) is 1. The molecule has 0 fully saturated rings. The van der Waals surface area contributed by atoms with Crippen molar-refractivity contribution in [3.8, 4) is 5.75 Å². The second-order valence-electron chi connectivity index (χ2n) is 5.59. The van der Waals surface area contributed by atoms with Crippen LogP contribution in [0, 0.1) is 0 Å². The Balaban J connectivity index is 1.87. The predicted octanol–water partition coefficient (Wildman–Crippen LogP) is 3.06. The molecule has 1 aliphatic rings. The number of fused-ring (bicyclic) bond motifs is 2. The number of rotatable bonds is 4. The molecule has 0 bridgehead atoms. The average Bonchev–Trinajstić information content (AvgIpc) is 2.65. The molecule has 1 heterocycles. The van der Waals surface area contributed by atoms with E-state index in [-0.39, 0.29) is 5.78 Å². The van der Waals surface area contributed by atoms with Crippen LogP contribution in [0.1, 0.15) is 33.5 Å². The minimum atomic E-state index is 0.0178. The number of ether oxygens (including phenoxy) is 1. The van der Waals surface area contributed by atoms with Gasteiger partial charge < -0.3 is 9.94 Å². The second-order valence-corrected chi connectivity index (χ2v) is 5.59. The number of hydrogen-bond acceptors (Lipinski definition) is 4. The average molecular weight is 297 g/mol. The zero-order valence-electron chi connectivity index (χ0n) is 12.6. The summed E-state index contributed by atoms with van der Waals surface area (Å²) in [6, 6.07) is 13.3. The summed E-state index contributed by atoms with van der Waals surface area (Å²) >= 11 is 0. The first-order valence-corrected chi connectivity index (χ1v) is 7.43. The molecule has 2 aromatic rings. The van der Waals surface area contributed by atoms with Gasteiger partial charge in [-0.25, -0.2) is 0 Å². The lowest BCUT2D eigenvalue weighted by Gasteiger charge is -2.10. The van der Waals surface area contributed by atoms with Crippen molar-refractivity contribution < 1.29 is 14.7 Å². The molecular formula is C18H19NO3. The summed E-state index contributed by atoms with van der Waals surface area (Å²) in [6.45, 7) is 1.02. The Labute approximate surface area is 129 Å². The first-order valence-electron chi connectivity index (χ1n) is 7.43. The van der Waals surface area contributed by atoms with Crippen LogP contribution in [0.5, 0.6) is 5.75 Å². The maximum atomic E-state index is 12.7. The van der Waals surface area contributed by atoms with E-state index < -0.39 is 0 Å². The Hall–Kier alpha value is -2.17. The summed E-state index contributed by atoms with van der Waals surface area (Å²) in [6.07, 6.45) is 1.64. The topological polar surface area (TPSA) is 49.8 Å². The number of carbonyl (C=O) groups excluding carboxylic acids is 1. The molecule has 4 nitrogen and oxygen atoms in total. The Morgan fingerprint density at radius 2 is 2.00 bits per heavy atom. The molecule has 0 radical (unpaired) electrons. The molecule has 0 saturated carbocycles. The first-order chi connectivity index (χ1) is 10.6. The smallest absolute Gasteiger partial charge is 0.197 e. The lowest BCUT2D eigenvalue weighted by atomic mass is 9.97. The van der Waals surface area contributed by atoms with Gasteiger partial charge in [0.25, 0.3) is 0 Å². The molecule has 0 saturated heterocycles. The standard InChI is InChI=1S/C18H19NO3/c1-19(21)10-4-5-13-8-9-17-16(11-13)18(20)15-7-3-2-6-14(15)12-22-17/h2-3,6-9,11,21H,4-5,10,12H2,1H3. The van der Waals surface area contributed by atoms with Crippen molar-refractivity contribution in [1.82, 2.24) is 5.06 Å². The number of ketones is 1. The van der Waals surface area contributed by atoms with Crippen LogP contribution in [0.15, 0.2) is 42.5 Å². The van der Waals surface area contributed by atoms with Gasteiger partial charge in [-0.05, 0) is 30.5 Å². The third-order valence-corrected chi connectivity index (χ3v) is 3.88. The Morgan fingerprint density at radius 3 is 2.82 bits per heavy atom. The summed E-state index contributed by atoms with van der Waals surface area (Å²) in [5, 5.41) is 10.3. The van der Waals surface area contributed by atoms with Crippen LogP contribution in [0.25, 0.3) is 0 Å². The SMILES string of the molecule is CN(O)CCCc1ccc2c(c1)C(=O)c1ccccc1CO2. The Bertz CT molecular complexity index is 694. The molecule has 114 valence electrons. The minimum absolute atomic E-state index is 0.0178. The van der Waals surface area contributed by atoms with E-state index in [2.05, 4.69) is 0 Å². The van der Waals surface area contributed by atoms with Crippen LogP contribution in [0.3, 0.4) is 0 Å². The summed E-state index contributed by atoms with van der Waals surface area (Å²) in [7, 11) is 1.63. The summed E-state index contributed by atoms with van der Waals surface area (Å²) in [4.78, 5) is 12.7. The van der Waals surface area contributed by atoms with Gasteiger partial charge in [-0.1, -0.05) is 30.3 Å². The van der Waals surface area contributed by atoms with Gasteiger partial charge in [-0.15, -0.1) is 0 Å². The van der Waals surface area contributed by atoms with Gasteiger partial charge in [0.05, 0.1) is 5.56 Å². The fourth-order valence-corrected chi connectivity index (χ4v) is 2.72. The third-order valence-electron chi connectivity index (χ3n) is 3.88. The summed E-state index contributed by atoms with van der Waals surface area (Å²) in [5.41, 5.74) is 3.34. The van der Waals surface area contributed by atoms with Gasteiger partial charge in [0.1, 0.15) is 12.4 Å². The highest BCUT2D eigenvalue weighted by Crippen LogP contribution is 2.29. The fraction of sp³-hybridized carbons (Fsp3) is 0.278. The molecule has 4 heteroatoms. The molecule has 0 atom stereocenters. The van der Waals surface area contributed by atoms with Crippen LogP contribution in [0.2, 0.25) is 0 Å². The van der Waals surface area contributed by atoms with E-state index in [1.54, 1.807) is 7.05 Å². The van der Waals surface area contributed by atoms with Crippen LogP contribution in [0.4, 0.5) is 0 Å².